The van der Waals surface area contributed by atoms with Crippen molar-refractivity contribution in [2.24, 2.45) is 11.7 Å². The predicted molar refractivity (Wildman–Crippen MR) is 79.4 cm³/mol. The zero-order valence-electron chi connectivity index (χ0n) is 11.4. The average molecular weight is 278 g/mol. The van der Waals surface area contributed by atoms with Crippen LogP contribution in [0.1, 0.15) is 18.0 Å². The largest absolute Gasteiger partial charge is 0.379 e. The van der Waals surface area contributed by atoms with Crippen LogP contribution in [0.5, 0.6) is 0 Å². The minimum Gasteiger partial charge on any atom is -0.379 e. The summed E-state index contributed by atoms with van der Waals surface area (Å²) >= 11 is 1.93. The molecule has 2 saturated heterocycles. The number of rotatable bonds is 4. The lowest BCUT2D eigenvalue weighted by molar-refractivity contribution is 0.0455. The Morgan fingerprint density at radius 2 is 2.05 bits per heavy atom. The van der Waals surface area contributed by atoms with E-state index in [1.807, 2.05) is 11.8 Å². The fraction of sp³-hybridized carbons (Fsp3) is 0.600. The highest BCUT2D eigenvalue weighted by molar-refractivity contribution is 8.00. The van der Waals surface area contributed by atoms with E-state index in [0.717, 1.165) is 26.3 Å². The van der Waals surface area contributed by atoms with Gasteiger partial charge in [0.05, 0.1) is 18.5 Å². The van der Waals surface area contributed by atoms with Crippen LogP contribution in [0.15, 0.2) is 29.2 Å². The fourth-order valence-electron chi connectivity index (χ4n) is 2.91. The van der Waals surface area contributed by atoms with Crippen LogP contribution in [0.25, 0.3) is 0 Å². The second kappa shape index (κ2) is 5.83. The number of nitrogens with two attached hydrogens (primary N) is 1. The molecule has 0 bridgehead atoms. The molecule has 2 aliphatic rings. The van der Waals surface area contributed by atoms with E-state index in [4.69, 9.17) is 10.5 Å². The maximum atomic E-state index is 5.80. The SMILES string of the molecule is CN1CC(CN)CC1c1ccc(SC2COC2)cc1. The summed E-state index contributed by atoms with van der Waals surface area (Å²) < 4.78 is 5.21. The summed E-state index contributed by atoms with van der Waals surface area (Å²) in [5, 5.41) is 0.654. The van der Waals surface area contributed by atoms with Crippen LogP contribution < -0.4 is 5.73 Å². The predicted octanol–water partition coefficient (Wildman–Crippen LogP) is 2.13. The van der Waals surface area contributed by atoms with Crippen molar-refractivity contribution in [1.29, 1.82) is 0 Å². The van der Waals surface area contributed by atoms with Gasteiger partial charge in [-0.25, -0.2) is 0 Å². The first-order valence-corrected chi connectivity index (χ1v) is 7.89. The average Bonchev–Trinajstić information content (AvgIpc) is 2.76. The third-order valence-electron chi connectivity index (χ3n) is 4.14. The first kappa shape index (κ1) is 13.4. The topological polar surface area (TPSA) is 38.5 Å². The minimum atomic E-state index is 0.541. The van der Waals surface area contributed by atoms with Gasteiger partial charge in [0.1, 0.15) is 0 Å². The van der Waals surface area contributed by atoms with E-state index < -0.39 is 0 Å². The molecule has 2 atom stereocenters. The molecule has 0 spiro atoms. The van der Waals surface area contributed by atoms with Crippen LogP contribution in [-0.4, -0.2) is 43.5 Å². The van der Waals surface area contributed by atoms with E-state index in [2.05, 4.69) is 36.2 Å². The number of likely N-dealkylation sites (tertiary alicyclic amines) is 1. The molecule has 1 aromatic rings. The molecule has 0 radical (unpaired) electrons. The van der Waals surface area contributed by atoms with Crippen LogP contribution in [0, 0.1) is 5.92 Å². The summed E-state index contributed by atoms with van der Waals surface area (Å²) in [6.07, 6.45) is 1.19. The Labute approximate surface area is 119 Å². The normalized spacial score (nSPS) is 28.5. The maximum absolute atomic E-state index is 5.80. The third-order valence-corrected chi connectivity index (χ3v) is 5.29. The van der Waals surface area contributed by atoms with E-state index in [0.29, 0.717) is 17.2 Å². The lowest BCUT2D eigenvalue weighted by Gasteiger charge is -2.25. The first-order valence-electron chi connectivity index (χ1n) is 7.01. The summed E-state index contributed by atoms with van der Waals surface area (Å²) in [5.74, 6) is 0.649. The summed E-state index contributed by atoms with van der Waals surface area (Å²) in [6, 6.07) is 9.60. The van der Waals surface area contributed by atoms with Gasteiger partial charge in [-0.3, -0.25) is 4.90 Å². The summed E-state index contributed by atoms with van der Waals surface area (Å²) in [6.45, 7) is 3.72. The Morgan fingerprint density at radius 1 is 1.32 bits per heavy atom. The van der Waals surface area contributed by atoms with Crippen molar-refractivity contribution in [3.8, 4) is 0 Å². The van der Waals surface area contributed by atoms with Gasteiger partial charge < -0.3 is 10.5 Å². The molecule has 2 N–H and O–H groups in total. The summed E-state index contributed by atoms with van der Waals surface area (Å²) in [7, 11) is 2.20. The molecular formula is C15H22N2OS. The molecule has 1 aromatic carbocycles. The van der Waals surface area contributed by atoms with Crippen molar-refractivity contribution >= 4 is 11.8 Å². The Hall–Kier alpha value is -0.550. The molecule has 104 valence electrons. The van der Waals surface area contributed by atoms with Crippen LogP contribution in [0.4, 0.5) is 0 Å². The quantitative estimate of drug-likeness (QED) is 0.916. The van der Waals surface area contributed by atoms with E-state index in [1.54, 1.807) is 0 Å². The van der Waals surface area contributed by atoms with Crippen LogP contribution in [0.3, 0.4) is 0 Å². The van der Waals surface area contributed by atoms with Crippen molar-refractivity contribution in [2.45, 2.75) is 22.6 Å². The monoisotopic (exact) mass is 278 g/mol. The van der Waals surface area contributed by atoms with Crippen molar-refractivity contribution in [3.05, 3.63) is 29.8 Å². The van der Waals surface area contributed by atoms with Gasteiger partial charge >= 0.3 is 0 Å². The molecule has 19 heavy (non-hydrogen) atoms. The van der Waals surface area contributed by atoms with Crippen LogP contribution in [0.2, 0.25) is 0 Å². The Morgan fingerprint density at radius 3 is 2.58 bits per heavy atom. The van der Waals surface area contributed by atoms with Gasteiger partial charge in [-0.2, -0.15) is 0 Å². The van der Waals surface area contributed by atoms with Crippen LogP contribution in [-0.2, 0) is 4.74 Å². The number of hydrogen-bond acceptors (Lipinski definition) is 4. The minimum absolute atomic E-state index is 0.541. The lowest BCUT2D eigenvalue weighted by atomic mass is 10.00. The first-order chi connectivity index (χ1) is 9.26. The molecule has 3 rings (SSSR count). The molecule has 0 saturated carbocycles. The molecule has 0 amide bonds. The van der Waals surface area contributed by atoms with Crippen molar-refractivity contribution in [2.75, 3.05) is 33.4 Å². The smallest absolute Gasteiger partial charge is 0.0611 e. The van der Waals surface area contributed by atoms with Gasteiger partial charge in [-0.05, 0) is 43.6 Å². The molecule has 2 aliphatic heterocycles. The Kier molecular flexibility index (Phi) is 4.12. The highest BCUT2D eigenvalue weighted by Gasteiger charge is 2.29. The van der Waals surface area contributed by atoms with E-state index >= 15 is 0 Å². The Bertz CT molecular complexity index is 419. The number of nitrogens with zero attached hydrogens (tertiary/aromatic N) is 1. The molecule has 2 unspecified atom stereocenters. The maximum Gasteiger partial charge on any atom is 0.0611 e. The van der Waals surface area contributed by atoms with E-state index in [9.17, 15) is 0 Å². The zero-order chi connectivity index (χ0) is 13.2. The summed E-state index contributed by atoms with van der Waals surface area (Å²) in [4.78, 5) is 3.78. The molecular weight excluding hydrogens is 256 g/mol. The molecule has 2 heterocycles. The zero-order valence-corrected chi connectivity index (χ0v) is 12.2. The number of hydrogen-bond donors (Lipinski definition) is 1. The highest BCUT2D eigenvalue weighted by atomic mass is 32.2. The Balaban J connectivity index is 1.64. The van der Waals surface area contributed by atoms with E-state index in [-0.39, 0.29) is 0 Å². The van der Waals surface area contributed by atoms with Gasteiger partial charge in [0.25, 0.3) is 0 Å². The highest BCUT2D eigenvalue weighted by Crippen LogP contribution is 2.35. The number of ether oxygens (including phenoxy) is 1. The molecule has 4 heteroatoms. The van der Waals surface area contributed by atoms with Crippen molar-refractivity contribution in [3.63, 3.8) is 0 Å². The van der Waals surface area contributed by atoms with Gasteiger partial charge in [-0.1, -0.05) is 12.1 Å². The molecule has 3 nitrogen and oxygen atoms in total. The van der Waals surface area contributed by atoms with Gasteiger partial charge in [0.15, 0.2) is 0 Å². The van der Waals surface area contributed by atoms with Gasteiger partial charge in [-0.15, -0.1) is 11.8 Å². The number of benzene rings is 1. The fourth-order valence-corrected chi connectivity index (χ4v) is 3.92. The molecule has 0 aliphatic carbocycles. The second-order valence-electron chi connectivity index (χ2n) is 5.64. The molecule has 0 aromatic heterocycles. The second-order valence-corrected chi connectivity index (χ2v) is 7.01. The van der Waals surface area contributed by atoms with Gasteiger partial charge in [0, 0.05) is 17.5 Å². The number of thioether (sulfide) groups is 1. The van der Waals surface area contributed by atoms with E-state index in [1.165, 1.54) is 16.9 Å². The molecule has 2 fully saturated rings. The van der Waals surface area contributed by atoms with Crippen LogP contribution >= 0.6 is 11.8 Å². The standard InChI is InChI=1S/C15H22N2OS/c1-17-8-11(7-16)6-15(17)12-2-4-13(5-3-12)19-14-9-18-10-14/h2-5,11,14-15H,6-10,16H2,1H3. The van der Waals surface area contributed by atoms with Crippen molar-refractivity contribution in [1.82, 2.24) is 4.90 Å². The van der Waals surface area contributed by atoms with Crippen molar-refractivity contribution < 1.29 is 4.74 Å². The van der Waals surface area contributed by atoms with Gasteiger partial charge in [0.2, 0.25) is 0 Å². The summed E-state index contributed by atoms with van der Waals surface area (Å²) in [5.41, 5.74) is 7.22. The third kappa shape index (κ3) is 2.97. The lowest BCUT2D eigenvalue weighted by Crippen LogP contribution is -2.29.